The molecule has 3 N–H and O–H groups in total. The Morgan fingerprint density at radius 2 is 1.95 bits per heavy atom. The molecule has 1 aliphatic rings. The number of rotatable bonds is 5. The van der Waals surface area contributed by atoms with Gasteiger partial charge in [-0.1, -0.05) is 25.0 Å². The fourth-order valence-electron chi connectivity index (χ4n) is 2.60. The van der Waals surface area contributed by atoms with Gasteiger partial charge in [-0.2, -0.15) is 0 Å². The maximum absolute atomic E-state index is 5.94. The van der Waals surface area contributed by atoms with E-state index in [1.807, 2.05) is 24.3 Å². The highest BCUT2D eigenvalue weighted by Gasteiger charge is 2.08. The summed E-state index contributed by atoms with van der Waals surface area (Å²) in [4.78, 5) is 6.88. The van der Waals surface area contributed by atoms with Crippen LogP contribution in [0.15, 0.2) is 29.3 Å². The van der Waals surface area contributed by atoms with Gasteiger partial charge in [0.05, 0.1) is 19.3 Å². The van der Waals surface area contributed by atoms with Crippen molar-refractivity contribution in [3.8, 4) is 5.75 Å². The molecular formula is C16H26N4O. The normalized spacial score (nSPS) is 17.3. The molecule has 0 aliphatic carbocycles. The summed E-state index contributed by atoms with van der Waals surface area (Å²) in [6.07, 6.45) is 5.33. The first-order valence-corrected chi connectivity index (χ1v) is 7.72. The number of para-hydroxylation sites is 2. The zero-order chi connectivity index (χ0) is 14.9. The Kier molecular flexibility index (Phi) is 6.34. The summed E-state index contributed by atoms with van der Waals surface area (Å²) in [5.41, 5.74) is 6.78. The number of guanidine groups is 1. The SMILES string of the molecule is COc1ccccc1NC(N)=NCCN1CCCCCC1. The van der Waals surface area contributed by atoms with Crippen LogP contribution in [0.2, 0.25) is 0 Å². The molecule has 0 atom stereocenters. The van der Waals surface area contributed by atoms with Crippen molar-refractivity contribution in [1.82, 2.24) is 4.90 Å². The number of methoxy groups -OCH3 is 1. The number of hydrogen-bond donors (Lipinski definition) is 2. The molecule has 0 bridgehead atoms. The highest BCUT2D eigenvalue weighted by atomic mass is 16.5. The average Bonchev–Trinajstić information content (AvgIpc) is 2.76. The van der Waals surface area contributed by atoms with E-state index in [4.69, 9.17) is 10.5 Å². The molecule has 1 saturated heterocycles. The molecule has 0 unspecified atom stereocenters. The van der Waals surface area contributed by atoms with Crippen LogP contribution < -0.4 is 15.8 Å². The minimum atomic E-state index is 0.439. The van der Waals surface area contributed by atoms with Crippen LogP contribution in [0, 0.1) is 0 Å². The predicted octanol–water partition coefficient (Wildman–Crippen LogP) is 2.30. The summed E-state index contributed by atoms with van der Waals surface area (Å²) < 4.78 is 5.28. The van der Waals surface area contributed by atoms with E-state index >= 15 is 0 Å². The number of nitrogens with two attached hydrogens (primary N) is 1. The maximum Gasteiger partial charge on any atom is 0.193 e. The summed E-state index contributed by atoms with van der Waals surface area (Å²) in [5, 5.41) is 3.10. The Hall–Kier alpha value is -1.75. The summed E-state index contributed by atoms with van der Waals surface area (Å²) in [5.74, 6) is 1.21. The first-order chi connectivity index (χ1) is 10.3. The van der Waals surface area contributed by atoms with Crippen LogP contribution in [0.4, 0.5) is 5.69 Å². The first-order valence-electron chi connectivity index (χ1n) is 7.72. The lowest BCUT2D eigenvalue weighted by Crippen LogP contribution is -2.29. The number of hydrogen-bond acceptors (Lipinski definition) is 3. The molecule has 116 valence electrons. The Balaban J connectivity index is 1.80. The molecule has 5 nitrogen and oxygen atoms in total. The van der Waals surface area contributed by atoms with Crippen LogP contribution >= 0.6 is 0 Å². The third-order valence-corrected chi connectivity index (χ3v) is 3.77. The van der Waals surface area contributed by atoms with Gasteiger partial charge in [0.1, 0.15) is 5.75 Å². The summed E-state index contributed by atoms with van der Waals surface area (Å²) in [7, 11) is 1.65. The Morgan fingerprint density at radius 1 is 1.24 bits per heavy atom. The van der Waals surface area contributed by atoms with Gasteiger partial charge >= 0.3 is 0 Å². The van der Waals surface area contributed by atoms with Gasteiger partial charge in [0.2, 0.25) is 0 Å². The quantitative estimate of drug-likeness (QED) is 0.645. The minimum Gasteiger partial charge on any atom is -0.495 e. The van der Waals surface area contributed by atoms with E-state index in [0.717, 1.165) is 24.5 Å². The molecule has 1 heterocycles. The molecule has 0 radical (unpaired) electrons. The van der Waals surface area contributed by atoms with E-state index in [1.165, 1.54) is 38.8 Å². The summed E-state index contributed by atoms with van der Waals surface area (Å²) in [6, 6.07) is 7.69. The number of anilines is 1. The zero-order valence-corrected chi connectivity index (χ0v) is 12.8. The molecule has 0 aromatic heterocycles. The molecule has 0 spiro atoms. The predicted molar refractivity (Wildman–Crippen MR) is 88.0 cm³/mol. The number of benzene rings is 1. The second-order valence-electron chi connectivity index (χ2n) is 5.35. The standard InChI is InChI=1S/C16H26N4O/c1-21-15-9-5-4-8-14(15)19-16(17)18-10-13-20-11-6-2-3-7-12-20/h4-5,8-9H,2-3,6-7,10-13H2,1H3,(H3,17,18,19). The van der Waals surface area contributed by atoms with Crippen molar-refractivity contribution in [3.05, 3.63) is 24.3 Å². The van der Waals surface area contributed by atoms with Gasteiger partial charge in [-0.05, 0) is 38.1 Å². The number of nitrogens with zero attached hydrogens (tertiary/aromatic N) is 2. The highest BCUT2D eigenvalue weighted by molar-refractivity contribution is 5.93. The molecule has 1 aromatic carbocycles. The lowest BCUT2D eigenvalue weighted by atomic mass is 10.2. The average molecular weight is 290 g/mol. The van der Waals surface area contributed by atoms with Crippen LogP contribution in [-0.4, -0.2) is 44.1 Å². The van der Waals surface area contributed by atoms with Gasteiger partial charge in [-0.15, -0.1) is 0 Å². The third kappa shape index (κ3) is 5.27. The van der Waals surface area contributed by atoms with Crippen LogP contribution in [-0.2, 0) is 0 Å². The van der Waals surface area contributed by atoms with E-state index < -0.39 is 0 Å². The topological polar surface area (TPSA) is 62.9 Å². The number of likely N-dealkylation sites (tertiary alicyclic amines) is 1. The molecule has 2 rings (SSSR count). The van der Waals surface area contributed by atoms with Gasteiger partial charge in [0.15, 0.2) is 5.96 Å². The van der Waals surface area contributed by atoms with Crippen LogP contribution in [0.1, 0.15) is 25.7 Å². The van der Waals surface area contributed by atoms with E-state index in [-0.39, 0.29) is 0 Å². The number of nitrogens with one attached hydrogen (secondary N) is 1. The van der Waals surface area contributed by atoms with Crippen molar-refractivity contribution in [3.63, 3.8) is 0 Å². The third-order valence-electron chi connectivity index (χ3n) is 3.77. The molecule has 1 aromatic rings. The fourth-order valence-corrected chi connectivity index (χ4v) is 2.60. The minimum absolute atomic E-state index is 0.439. The van der Waals surface area contributed by atoms with Gasteiger partial charge in [0.25, 0.3) is 0 Å². The maximum atomic E-state index is 5.94. The van der Waals surface area contributed by atoms with Gasteiger partial charge < -0.3 is 20.7 Å². The van der Waals surface area contributed by atoms with E-state index in [0.29, 0.717) is 5.96 Å². The Morgan fingerprint density at radius 3 is 2.67 bits per heavy atom. The van der Waals surface area contributed by atoms with Crippen LogP contribution in [0.25, 0.3) is 0 Å². The molecular weight excluding hydrogens is 264 g/mol. The fraction of sp³-hybridized carbons (Fsp3) is 0.562. The van der Waals surface area contributed by atoms with Crippen molar-refractivity contribution >= 4 is 11.6 Å². The van der Waals surface area contributed by atoms with Gasteiger partial charge in [-0.25, -0.2) is 0 Å². The number of ether oxygens (including phenoxy) is 1. The first kappa shape index (κ1) is 15.6. The molecule has 5 heteroatoms. The second-order valence-corrected chi connectivity index (χ2v) is 5.35. The van der Waals surface area contributed by atoms with Crippen LogP contribution in [0.3, 0.4) is 0 Å². The van der Waals surface area contributed by atoms with Crippen molar-refractivity contribution in [2.45, 2.75) is 25.7 Å². The molecule has 1 aliphatic heterocycles. The van der Waals surface area contributed by atoms with Crippen molar-refractivity contribution in [2.24, 2.45) is 10.7 Å². The van der Waals surface area contributed by atoms with Crippen molar-refractivity contribution in [1.29, 1.82) is 0 Å². The summed E-state index contributed by atoms with van der Waals surface area (Å²) >= 11 is 0. The lowest BCUT2D eigenvalue weighted by molar-refractivity contribution is 0.293. The zero-order valence-electron chi connectivity index (χ0n) is 12.8. The van der Waals surface area contributed by atoms with Crippen molar-refractivity contribution < 1.29 is 4.74 Å². The molecule has 1 fully saturated rings. The monoisotopic (exact) mass is 290 g/mol. The second kappa shape index (κ2) is 8.52. The Bertz CT molecular complexity index is 453. The number of aliphatic imine (C=N–C) groups is 1. The largest absolute Gasteiger partial charge is 0.495 e. The lowest BCUT2D eigenvalue weighted by Gasteiger charge is -2.18. The van der Waals surface area contributed by atoms with Crippen molar-refractivity contribution in [2.75, 3.05) is 38.6 Å². The van der Waals surface area contributed by atoms with E-state index in [1.54, 1.807) is 7.11 Å². The van der Waals surface area contributed by atoms with E-state index in [2.05, 4.69) is 15.2 Å². The molecule has 0 amide bonds. The smallest absolute Gasteiger partial charge is 0.193 e. The summed E-state index contributed by atoms with van der Waals surface area (Å²) in [6.45, 7) is 4.09. The van der Waals surface area contributed by atoms with E-state index in [9.17, 15) is 0 Å². The van der Waals surface area contributed by atoms with Crippen LogP contribution in [0.5, 0.6) is 5.75 Å². The molecule has 0 saturated carbocycles. The molecule has 21 heavy (non-hydrogen) atoms. The van der Waals surface area contributed by atoms with Gasteiger partial charge in [0, 0.05) is 6.54 Å². The Labute approximate surface area is 127 Å². The highest BCUT2D eigenvalue weighted by Crippen LogP contribution is 2.22. The van der Waals surface area contributed by atoms with Gasteiger partial charge in [-0.3, -0.25) is 4.99 Å².